The molecule has 0 fully saturated rings. The van der Waals surface area contributed by atoms with Crippen LogP contribution in [0.4, 0.5) is 11.4 Å². The molecule has 0 aromatic heterocycles. The summed E-state index contributed by atoms with van der Waals surface area (Å²) in [6, 6.07) is 45.2. The van der Waals surface area contributed by atoms with Crippen LogP contribution in [-0.2, 0) is 0 Å². The van der Waals surface area contributed by atoms with Crippen LogP contribution in [0.5, 0.6) is 0 Å². The van der Waals surface area contributed by atoms with Crippen molar-refractivity contribution >= 4 is 58.5 Å². The second-order valence-electron chi connectivity index (χ2n) is 11.2. The molecule has 6 aromatic rings. The van der Waals surface area contributed by atoms with E-state index in [4.69, 9.17) is 0 Å². The zero-order valence-corrected chi connectivity index (χ0v) is 26.8. The molecule has 0 aliphatic carbocycles. The first-order valence-corrected chi connectivity index (χ1v) is 16.8. The molecule has 0 radical (unpaired) electrons. The van der Waals surface area contributed by atoms with Crippen molar-refractivity contribution in [3.05, 3.63) is 168 Å². The first-order valence-electron chi connectivity index (χ1n) is 15.2. The fraction of sp³-hybridized carbons (Fsp3) is 0. The van der Waals surface area contributed by atoms with E-state index in [2.05, 4.69) is 24.3 Å². The highest BCUT2D eigenvalue weighted by atomic mass is 32.2. The summed E-state index contributed by atoms with van der Waals surface area (Å²) >= 11 is 3.07. The zero-order chi connectivity index (χ0) is 32.8. The molecule has 8 rings (SSSR count). The van der Waals surface area contributed by atoms with Gasteiger partial charge in [-0.05, 0) is 96.1 Å². The lowest BCUT2D eigenvalue weighted by atomic mass is 10.1. The van der Waals surface area contributed by atoms with Crippen LogP contribution >= 0.6 is 23.5 Å². The van der Waals surface area contributed by atoms with Gasteiger partial charge in [-0.15, -0.1) is 0 Å². The van der Waals surface area contributed by atoms with Crippen LogP contribution in [-0.4, -0.2) is 23.6 Å². The molecular weight excluding hydrogens is 637 g/mol. The average Bonchev–Trinajstić information content (AvgIpc) is 3.52. The predicted molar refractivity (Wildman–Crippen MR) is 188 cm³/mol. The van der Waals surface area contributed by atoms with Crippen LogP contribution in [0.15, 0.2) is 165 Å². The van der Waals surface area contributed by atoms with Crippen molar-refractivity contribution in [2.75, 3.05) is 9.80 Å². The van der Waals surface area contributed by atoms with Crippen molar-refractivity contribution in [1.29, 1.82) is 0 Å². The number of imide groups is 2. The summed E-state index contributed by atoms with van der Waals surface area (Å²) in [5.41, 5.74) is 4.91. The Morgan fingerprint density at radius 2 is 0.667 bits per heavy atom. The lowest BCUT2D eigenvalue weighted by Gasteiger charge is -2.13. The van der Waals surface area contributed by atoms with Crippen LogP contribution in [0.25, 0.3) is 11.1 Å². The molecule has 4 amide bonds. The Morgan fingerprint density at radius 1 is 0.333 bits per heavy atom. The van der Waals surface area contributed by atoms with Crippen molar-refractivity contribution in [3.8, 4) is 11.1 Å². The van der Waals surface area contributed by atoms with Crippen LogP contribution < -0.4 is 9.80 Å². The molecule has 0 saturated carbocycles. The van der Waals surface area contributed by atoms with Crippen LogP contribution in [0.1, 0.15) is 41.4 Å². The third kappa shape index (κ3) is 5.31. The van der Waals surface area contributed by atoms with E-state index in [1.165, 1.54) is 33.3 Å². The number of hydrogen-bond acceptors (Lipinski definition) is 6. The minimum Gasteiger partial charge on any atom is -0.268 e. The van der Waals surface area contributed by atoms with Gasteiger partial charge in [-0.1, -0.05) is 84.2 Å². The van der Waals surface area contributed by atoms with Gasteiger partial charge in [0, 0.05) is 19.6 Å². The van der Waals surface area contributed by atoms with Gasteiger partial charge in [-0.3, -0.25) is 19.2 Å². The molecule has 48 heavy (non-hydrogen) atoms. The lowest BCUT2D eigenvalue weighted by Crippen LogP contribution is -2.29. The molecule has 0 bridgehead atoms. The number of benzene rings is 6. The van der Waals surface area contributed by atoms with E-state index < -0.39 is 0 Å². The van der Waals surface area contributed by atoms with Crippen molar-refractivity contribution < 1.29 is 19.2 Å². The number of rotatable bonds is 7. The van der Waals surface area contributed by atoms with E-state index in [1.54, 1.807) is 72.8 Å². The second-order valence-corrected chi connectivity index (χ2v) is 13.5. The molecule has 0 unspecified atom stereocenters. The monoisotopic (exact) mass is 660 g/mol. The third-order valence-corrected chi connectivity index (χ3v) is 10.3. The van der Waals surface area contributed by atoms with Crippen molar-refractivity contribution in [3.63, 3.8) is 0 Å². The number of carbonyl (C=O) groups excluding carboxylic acids is 4. The quantitative estimate of drug-likeness (QED) is 0.159. The smallest absolute Gasteiger partial charge is 0.266 e. The van der Waals surface area contributed by atoms with Crippen molar-refractivity contribution in [2.24, 2.45) is 0 Å². The highest BCUT2D eigenvalue weighted by Crippen LogP contribution is 2.37. The SMILES string of the molecule is O=C1c2ccc(Sc3ccc(-c4ccc(Sc5ccc6c(c5)C(=O)N(c5ccccc5)C6=O)cc4)cc3)cc2C(=O)N1c1ccccc1. The first-order chi connectivity index (χ1) is 23.4. The zero-order valence-electron chi connectivity index (χ0n) is 25.2. The molecule has 230 valence electrons. The average molecular weight is 661 g/mol. The van der Waals surface area contributed by atoms with Gasteiger partial charge in [-0.2, -0.15) is 0 Å². The summed E-state index contributed by atoms with van der Waals surface area (Å²) in [7, 11) is 0. The first kappa shape index (κ1) is 29.7. The Balaban J connectivity index is 0.936. The standard InChI is InChI=1S/C40H24N2O4S2/c43-37-33-21-19-31(23-35(33)39(45)41(37)27-7-3-1-4-8-27)47-29-15-11-25(12-16-29)26-13-17-30(18-14-26)48-32-20-22-34-36(24-32)40(46)42(38(34)44)28-9-5-2-6-10-28/h1-24H. The summed E-state index contributed by atoms with van der Waals surface area (Å²) in [4.78, 5) is 58.4. The number of nitrogens with zero attached hydrogens (tertiary/aromatic N) is 2. The maximum atomic E-state index is 13.1. The van der Waals surface area contributed by atoms with Crippen LogP contribution in [0.3, 0.4) is 0 Å². The Labute approximate surface area is 285 Å². The second kappa shape index (κ2) is 12.2. The van der Waals surface area contributed by atoms with Gasteiger partial charge in [0.15, 0.2) is 0 Å². The van der Waals surface area contributed by atoms with Gasteiger partial charge >= 0.3 is 0 Å². The normalized spacial score (nSPS) is 13.7. The van der Waals surface area contributed by atoms with E-state index in [1.807, 2.05) is 48.5 Å². The topological polar surface area (TPSA) is 74.8 Å². The minimum absolute atomic E-state index is 0.305. The van der Waals surface area contributed by atoms with Gasteiger partial charge in [0.1, 0.15) is 0 Å². The van der Waals surface area contributed by atoms with E-state index in [0.29, 0.717) is 33.6 Å². The maximum Gasteiger partial charge on any atom is 0.266 e. The van der Waals surface area contributed by atoms with E-state index in [0.717, 1.165) is 30.7 Å². The maximum absolute atomic E-state index is 13.1. The Bertz CT molecular complexity index is 2090. The fourth-order valence-electron chi connectivity index (χ4n) is 5.89. The molecule has 0 spiro atoms. The summed E-state index contributed by atoms with van der Waals surface area (Å²) in [6.45, 7) is 0. The number of anilines is 2. The lowest BCUT2D eigenvalue weighted by molar-refractivity contribution is 0.0910. The predicted octanol–water partition coefficient (Wildman–Crippen LogP) is 9.26. The summed E-state index contributed by atoms with van der Waals surface area (Å²) in [5.74, 6) is -1.23. The largest absolute Gasteiger partial charge is 0.268 e. The summed E-state index contributed by atoms with van der Waals surface area (Å²) < 4.78 is 0. The molecular formula is C40H24N2O4S2. The van der Waals surface area contributed by atoms with Gasteiger partial charge in [0.05, 0.1) is 33.6 Å². The highest BCUT2D eigenvalue weighted by Gasteiger charge is 2.38. The third-order valence-electron chi connectivity index (χ3n) is 8.26. The Hall–Kier alpha value is -5.70. The van der Waals surface area contributed by atoms with Gasteiger partial charge in [-0.25, -0.2) is 9.80 Å². The molecule has 2 aliphatic rings. The van der Waals surface area contributed by atoms with E-state index in [9.17, 15) is 19.2 Å². The van der Waals surface area contributed by atoms with E-state index in [-0.39, 0.29) is 23.6 Å². The van der Waals surface area contributed by atoms with Gasteiger partial charge in [0.25, 0.3) is 23.6 Å². The van der Waals surface area contributed by atoms with Crippen molar-refractivity contribution in [1.82, 2.24) is 0 Å². The minimum atomic E-state index is -0.310. The molecule has 0 atom stereocenters. The molecule has 6 aromatic carbocycles. The molecule has 2 heterocycles. The fourth-order valence-corrected chi connectivity index (χ4v) is 7.61. The number of amides is 4. The molecule has 0 saturated heterocycles. The van der Waals surface area contributed by atoms with Crippen LogP contribution in [0, 0.1) is 0 Å². The Morgan fingerprint density at radius 3 is 1.04 bits per heavy atom. The van der Waals surface area contributed by atoms with Gasteiger partial charge < -0.3 is 0 Å². The number of para-hydroxylation sites is 2. The number of carbonyl (C=O) groups is 4. The summed E-state index contributed by atoms with van der Waals surface area (Å²) in [5, 5.41) is 0. The molecule has 6 nitrogen and oxygen atoms in total. The van der Waals surface area contributed by atoms with Crippen LogP contribution in [0.2, 0.25) is 0 Å². The van der Waals surface area contributed by atoms with Crippen molar-refractivity contribution in [2.45, 2.75) is 19.6 Å². The number of hydrogen-bond donors (Lipinski definition) is 0. The molecule has 2 aliphatic heterocycles. The van der Waals surface area contributed by atoms with E-state index >= 15 is 0 Å². The summed E-state index contributed by atoms with van der Waals surface area (Å²) in [6.07, 6.45) is 0. The number of fused-ring (bicyclic) bond motifs is 2. The highest BCUT2D eigenvalue weighted by molar-refractivity contribution is 7.99. The Kier molecular flexibility index (Phi) is 7.51. The molecule has 8 heteroatoms. The molecule has 0 N–H and O–H groups in total. The van der Waals surface area contributed by atoms with Gasteiger partial charge in [0.2, 0.25) is 0 Å².